The van der Waals surface area contributed by atoms with Crippen LogP contribution in [0.4, 0.5) is 0 Å². The largest absolute Gasteiger partial charge is 0.508 e. The van der Waals surface area contributed by atoms with Gasteiger partial charge in [-0.3, -0.25) is 9.59 Å². The van der Waals surface area contributed by atoms with E-state index in [1.54, 1.807) is 12.1 Å². The predicted octanol–water partition coefficient (Wildman–Crippen LogP) is 4.31. The van der Waals surface area contributed by atoms with E-state index in [0.29, 0.717) is 11.1 Å². The van der Waals surface area contributed by atoms with Crippen LogP contribution in [0.3, 0.4) is 0 Å². The number of rotatable bonds is 2. The minimum absolute atomic E-state index is 0.0261. The third-order valence-corrected chi connectivity index (χ3v) is 5.35. The molecular formula is C24H16O6. The van der Waals surface area contributed by atoms with Crippen molar-refractivity contribution in [3.8, 4) is 28.4 Å². The highest BCUT2D eigenvalue weighted by Gasteiger charge is 2.33. The number of phenolic OH excluding ortho intramolecular Hbond substituents is 2. The molecule has 3 aromatic carbocycles. The van der Waals surface area contributed by atoms with Crippen LogP contribution in [0.1, 0.15) is 23.5 Å². The van der Waals surface area contributed by atoms with Gasteiger partial charge in [-0.15, -0.1) is 0 Å². The molecule has 148 valence electrons. The number of carbonyl (C=O) groups excluding carboxylic acids is 1. The summed E-state index contributed by atoms with van der Waals surface area (Å²) in [5, 5.41) is 20.1. The van der Waals surface area contributed by atoms with E-state index in [-0.39, 0.29) is 46.1 Å². The number of hydrogen-bond donors (Lipinski definition) is 2. The van der Waals surface area contributed by atoms with Gasteiger partial charge in [0.25, 0.3) is 0 Å². The number of benzene rings is 3. The summed E-state index contributed by atoms with van der Waals surface area (Å²) in [7, 11) is 0. The molecule has 6 nitrogen and oxygen atoms in total. The average molecular weight is 400 g/mol. The fraction of sp³-hybridized carbons (Fsp3) is 0.0833. The molecule has 1 aliphatic rings. The number of hydrogen-bond acceptors (Lipinski definition) is 6. The molecule has 0 saturated carbocycles. The van der Waals surface area contributed by atoms with Gasteiger partial charge in [-0.1, -0.05) is 42.5 Å². The third kappa shape index (κ3) is 2.81. The Balaban J connectivity index is 1.79. The lowest BCUT2D eigenvalue weighted by atomic mass is 9.85. The maximum atomic E-state index is 13.2. The van der Waals surface area contributed by atoms with E-state index in [4.69, 9.17) is 9.15 Å². The molecule has 1 aromatic heterocycles. The van der Waals surface area contributed by atoms with Crippen LogP contribution in [0.15, 0.2) is 76.1 Å². The maximum absolute atomic E-state index is 13.2. The quantitative estimate of drug-likeness (QED) is 0.384. The van der Waals surface area contributed by atoms with Crippen molar-refractivity contribution in [3.63, 3.8) is 0 Å². The fourth-order valence-electron chi connectivity index (χ4n) is 3.94. The van der Waals surface area contributed by atoms with Gasteiger partial charge in [0.1, 0.15) is 34.5 Å². The van der Waals surface area contributed by atoms with E-state index in [1.807, 2.05) is 30.3 Å². The van der Waals surface area contributed by atoms with Crippen molar-refractivity contribution in [2.45, 2.75) is 12.3 Å². The summed E-state index contributed by atoms with van der Waals surface area (Å²) in [6, 6.07) is 16.8. The first-order chi connectivity index (χ1) is 14.5. The van der Waals surface area contributed by atoms with Gasteiger partial charge in [-0.05, 0) is 23.3 Å². The first-order valence-corrected chi connectivity index (χ1v) is 9.39. The highest BCUT2D eigenvalue weighted by atomic mass is 16.5. The Bertz CT molecular complexity index is 1340. The number of fused-ring (bicyclic) bond motifs is 3. The number of phenols is 2. The lowest BCUT2D eigenvalue weighted by Gasteiger charge is -2.25. The smallest absolute Gasteiger partial charge is 0.312 e. The van der Waals surface area contributed by atoms with Crippen molar-refractivity contribution in [2.24, 2.45) is 0 Å². The Morgan fingerprint density at radius 1 is 0.933 bits per heavy atom. The Morgan fingerprint density at radius 2 is 1.67 bits per heavy atom. The molecule has 0 amide bonds. The van der Waals surface area contributed by atoms with Crippen LogP contribution in [0.5, 0.6) is 17.2 Å². The second-order valence-electron chi connectivity index (χ2n) is 7.18. The molecule has 0 spiro atoms. The molecule has 2 heterocycles. The van der Waals surface area contributed by atoms with Gasteiger partial charge in [0.2, 0.25) is 5.43 Å². The van der Waals surface area contributed by atoms with Gasteiger partial charge < -0.3 is 19.4 Å². The minimum atomic E-state index is -0.418. The van der Waals surface area contributed by atoms with Crippen molar-refractivity contribution in [3.05, 3.63) is 88.3 Å². The summed E-state index contributed by atoms with van der Waals surface area (Å²) in [6.45, 7) is 0. The Morgan fingerprint density at radius 3 is 2.40 bits per heavy atom. The molecule has 0 radical (unpaired) electrons. The van der Waals surface area contributed by atoms with Gasteiger partial charge in [0.15, 0.2) is 0 Å². The highest BCUT2D eigenvalue weighted by Crippen LogP contribution is 2.45. The van der Waals surface area contributed by atoms with Crippen molar-refractivity contribution in [2.75, 3.05) is 0 Å². The van der Waals surface area contributed by atoms with E-state index < -0.39 is 11.4 Å². The summed E-state index contributed by atoms with van der Waals surface area (Å²) >= 11 is 0. The zero-order valence-electron chi connectivity index (χ0n) is 15.7. The summed E-state index contributed by atoms with van der Waals surface area (Å²) < 4.78 is 11.2. The monoisotopic (exact) mass is 400 g/mol. The van der Waals surface area contributed by atoms with Crippen molar-refractivity contribution in [1.29, 1.82) is 0 Å². The van der Waals surface area contributed by atoms with Crippen LogP contribution >= 0.6 is 0 Å². The molecule has 0 saturated heterocycles. The zero-order chi connectivity index (χ0) is 20.8. The third-order valence-electron chi connectivity index (χ3n) is 5.35. The normalized spacial score (nSPS) is 15.6. The molecule has 6 heteroatoms. The summed E-state index contributed by atoms with van der Waals surface area (Å²) in [5.41, 5.74) is 2.02. The second-order valence-corrected chi connectivity index (χ2v) is 7.18. The standard InChI is InChI=1S/C24H16O6/c25-15-8-6-14(7-9-15)17-12-29-24-21-16(13-4-2-1-3-5-13)10-20(27)30-19(21)11-18(26)22(24)23(17)28/h1-9,11-12,16,25-26H,10H2. The molecule has 30 heavy (non-hydrogen) atoms. The van der Waals surface area contributed by atoms with E-state index in [2.05, 4.69) is 0 Å². The fourth-order valence-corrected chi connectivity index (χ4v) is 3.94. The van der Waals surface area contributed by atoms with Crippen LogP contribution in [-0.2, 0) is 4.79 Å². The SMILES string of the molecule is O=C1CC(c2ccccc2)c2c(cc(O)c3c(=O)c(-c4ccc(O)cc4)coc23)O1. The molecule has 2 N–H and O–H groups in total. The molecule has 4 aromatic rings. The van der Waals surface area contributed by atoms with Gasteiger partial charge in [-0.2, -0.15) is 0 Å². The lowest BCUT2D eigenvalue weighted by Crippen LogP contribution is -2.22. The number of aromatic hydroxyl groups is 2. The molecule has 0 fully saturated rings. The van der Waals surface area contributed by atoms with Crippen LogP contribution < -0.4 is 10.2 Å². The van der Waals surface area contributed by atoms with Gasteiger partial charge in [0, 0.05) is 17.5 Å². The van der Waals surface area contributed by atoms with E-state index >= 15 is 0 Å². The molecule has 5 rings (SSSR count). The summed E-state index contributed by atoms with van der Waals surface area (Å²) in [4.78, 5) is 25.4. The molecule has 1 atom stereocenters. The Hall–Kier alpha value is -4.06. The molecule has 0 aliphatic carbocycles. The zero-order valence-corrected chi connectivity index (χ0v) is 15.7. The van der Waals surface area contributed by atoms with Crippen molar-refractivity contribution in [1.82, 2.24) is 0 Å². The maximum Gasteiger partial charge on any atom is 0.312 e. The lowest BCUT2D eigenvalue weighted by molar-refractivity contribution is -0.135. The highest BCUT2D eigenvalue weighted by molar-refractivity contribution is 5.94. The van der Waals surface area contributed by atoms with Gasteiger partial charge in [0.05, 0.1) is 12.0 Å². The first kappa shape index (κ1) is 18.0. The van der Waals surface area contributed by atoms with Crippen molar-refractivity contribution >= 4 is 16.9 Å². The van der Waals surface area contributed by atoms with E-state index in [9.17, 15) is 19.8 Å². The average Bonchev–Trinajstić information content (AvgIpc) is 2.74. The van der Waals surface area contributed by atoms with E-state index in [0.717, 1.165) is 5.56 Å². The molecular weight excluding hydrogens is 384 g/mol. The Kier molecular flexibility index (Phi) is 4.06. The topological polar surface area (TPSA) is 97.0 Å². The molecule has 1 unspecified atom stereocenters. The number of esters is 1. The summed E-state index contributed by atoms with van der Waals surface area (Å²) in [6.07, 6.45) is 1.43. The van der Waals surface area contributed by atoms with E-state index in [1.165, 1.54) is 24.5 Å². The van der Waals surface area contributed by atoms with Crippen LogP contribution in [0.2, 0.25) is 0 Å². The van der Waals surface area contributed by atoms with Crippen molar-refractivity contribution < 1.29 is 24.2 Å². The molecule has 0 bridgehead atoms. The summed E-state index contributed by atoms with van der Waals surface area (Å²) in [5.74, 6) is -0.843. The number of carbonyl (C=O) groups is 1. The first-order valence-electron chi connectivity index (χ1n) is 9.39. The molecule has 1 aliphatic heterocycles. The van der Waals surface area contributed by atoms with Crippen LogP contribution in [0.25, 0.3) is 22.1 Å². The van der Waals surface area contributed by atoms with Crippen LogP contribution in [-0.4, -0.2) is 16.2 Å². The number of ether oxygens (including phenoxy) is 1. The Labute approximate surface area is 170 Å². The predicted molar refractivity (Wildman–Crippen MR) is 110 cm³/mol. The minimum Gasteiger partial charge on any atom is -0.508 e. The van der Waals surface area contributed by atoms with Crippen LogP contribution in [0, 0.1) is 0 Å². The second kappa shape index (κ2) is 6.77. The van der Waals surface area contributed by atoms with Gasteiger partial charge in [-0.25, -0.2) is 0 Å². The van der Waals surface area contributed by atoms with Gasteiger partial charge >= 0.3 is 5.97 Å².